The lowest BCUT2D eigenvalue weighted by atomic mass is 9.84. The van der Waals surface area contributed by atoms with Crippen LogP contribution in [-0.4, -0.2) is 36.5 Å². The van der Waals surface area contributed by atoms with E-state index < -0.39 is 5.63 Å². The van der Waals surface area contributed by atoms with E-state index >= 15 is 0 Å². The van der Waals surface area contributed by atoms with Gasteiger partial charge in [0, 0.05) is 18.0 Å². The lowest BCUT2D eigenvalue weighted by Crippen LogP contribution is -2.57. The van der Waals surface area contributed by atoms with Crippen molar-refractivity contribution in [3.05, 3.63) is 46.3 Å². The Morgan fingerprint density at radius 1 is 1.23 bits per heavy atom. The molecule has 114 valence electrons. The summed E-state index contributed by atoms with van der Waals surface area (Å²) in [5.41, 5.74) is 0.0273. The van der Waals surface area contributed by atoms with Crippen molar-refractivity contribution in [3.63, 3.8) is 0 Å². The van der Waals surface area contributed by atoms with E-state index in [1.54, 1.807) is 18.2 Å². The molecule has 5 heteroatoms. The molecule has 0 aliphatic carbocycles. The van der Waals surface area contributed by atoms with Gasteiger partial charge in [0.05, 0.1) is 0 Å². The number of nitrogens with one attached hydrogen (secondary N) is 1. The van der Waals surface area contributed by atoms with E-state index in [4.69, 9.17) is 4.42 Å². The minimum atomic E-state index is -0.572. The highest BCUT2D eigenvalue weighted by Crippen LogP contribution is 2.27. The molecule has 1 amide bonds. The predicted molar refractivity (Wildman–Crippen MR) is 82.9 cm³/mol. The summed E-state index contributed by atoms with van der Waals surface area (Å²) in [6.07, 6.45) is 2.24. The van der Waals surface area contributed by atoms with Crippen LogP contribution >= 0.6 is 0 Å². The van der Waals surface area contributed by atoms with E-state index in [9.17, 15) is 9.59 Å². The Morgan fingerprint density at radius 3 is 2.73 bits per heavy atom. The summed E-state index contributed by atoms with van der Waals surface area (Å²) in [4.78, 5) is 26.9. The number of piperidine rings is 3. The van der Waals surface area contributed by atoms with Gasteiger partial charge in [-0.2, -0.15) is 0 Å². The second-order valence-corrected chi connectivity index (χ2v) is 6.20. The Balaban J connectivity index is 1.60. The van der Waals surface area contributed by atoms with E-state index in [0.717, 1.165) is 37.9 Å². The molecule has 0 spiro atoms. The fourth-order valence-electron chi connectivity index (χ4n) is 3.59. The Hall–Kier alpha value is -2.14. The van der Waals surface area contributed by atoms with Crippen LogP contribution in [0.25, 0.3) is 11.0 Å². The molecular formula is C17H18N2O3. The zero-order chi connectivity index (χ0) is 15.1. The Bertz CT molecular complexity index is 775. The first-order valence-corrected chi connectivity index (χ1v) is 7.77. The van der Waals surface area contributed by atoms with E-state index in [-0.39, 0.29) is 17.5 Å². The number of hydrogen-bond donors (Lipinski definition) is 1. The van der Waals surface area contributed by atoms with Gasteiger partial charge in [-0.1, -0.05) is 18.2 Å². The number of rotatable bonds is 2. The molecule has 5 nitrogen and oxygen atoms in total. The van der Waals surface area contributed by atoms with E-state index in [2.05, 4.69) is 10.2 Å². The third-order valence-corrected chi connectivity index (χ3v) is 4.86. The molecule has 1 aromatic heterocycles. The first-order valence-electron chi connectivity index (χ1n) is 7.77. The van der Waals surface area contributed by atoms with Crippen LogP contribution in [0.1, 0.15) is 23.2 Å². The third-order valence-electron chi connectivity index (χ3n) is 4.86. The monoisotopic (exact) mass is 298 g/mol. The number of amides is 1. The summed E-state index contributed by atoms with van der Waals surface area (Å²) in [7, 11) is 0. The van der Waals surface area contributed by atoms with Crippen molar-refractivity contribution >= 4 is 16.9 Å². The molecule has 2 aromatic rings. The topological polar surface area (TPSA) is 62.6 Å². The van der Waals surface area contributed by atoms with Gasteiger partial charge in [-0.25, -0.2) is 4.79 Å². The molecule has 1 N–H and O–H groups in total. The molecule has 0 radical (unpaired) electrons. The largest absolute Gasteiger partial charge is 0.422 e. The highest BCUT2D eigenvalue weighted by atomic mass is 16.4. The van der Waals surface area contributed by atoms with Gasteiger partial charge in [0.15, 0.2) is 0 Å². The maximum Gasteiger partial charge on any atom is 0.349 e. The fourth-order valence-corrected chi connectivity index (χ4v) is 3.59. The van der Waals surface area contributed by atoms with Crippen molar-refractivity contribution in [1.29, 1.82) is 0 Å². The van der Waals surface area contributed by atoms with Crippen LogP contribution in [0.2, 0.25) is 0 Å². The summed E-state index contributed by atoms with van der Waals surface area (Å²) in [6.45, 7) is 3.12. The third kappa shape index (κ3) is 2.31. The SMILES string of the molecule is O=C(NC1CN2CCC1CC2)c1cc2ccccc2oc1=O. The predicted octanol–water partition coefficient (Wildman–Crippen LogP) is 1.62. The van der Waals surface area contributed by atoms with Crippen molar-refractivity contribution < 1.29 is 9.21 Å². The first kappa shape index (κ1) is 13.5. The van der Waals surface area contributed by atoms with Crippen LogP contribution < -0.4 is 10.9 Å². The van der Waals surface area contributed by atoms with Crippen molar-refractivity contribution in [1.82, 2.24) is 10.2 Å². The molecule has 22 heavy (non-hydrogen) atoms. The Kier molecular flexibility index (Phi) is 3.22. The van der Waals surface area contributed by atoms with Gasteiger partial charge in [0.1, 0.15) is 11.1 Å². The maximum atomic E-state index is 12.5. The first-order chi connectivity index (χ1) is 10.7. The zero-order valence-electron chi connectivity index (χ0n) is 12.2. The van der Waals surface area contributed by atoms with Gasteiger partial charge in [-0.3, -0.25) is 4.79 Å². The van der Waals surface area contributed by atoms with Crippen molar-refractivity contribution in [2.45, 2.75) is 18.9 Å². The molecule has 3 saturated heterocycles. The number of carbonyl (C=O) groups excluding carboxylic acids is 1. The minimum Gasteiger partial charge on any atom is -0.422 e. The van der Waals surface area contributed by atoms with Gasteiger partial charge >= 0.3 is 5.63 Å². The van der Waals surface area contributed by atoms with Crippen LogP contribution in [0.3, 0.4) is 0 Å². The summed E-state index contributed by atoms with van der Waals surface area (Å²) in [6, 6.07) is 8.99. The molecule has 3 aliphatic rings. The number of fused-ring (bicyclic) bond motifs is 4. The molecule has 1 aromatic carbocycles. The Morgan fingerprint density at radius 2 is 2.00 bits per heavy atom. The fraction of sp³-hybridized carbons (Fsp3) is 0.412. The molecule has 2 bridgehead atoms. The molecule has 3 fully saturated rings. The summed E-state index contributed by atoms with van der Waals surface area (Å²) in [5, 5.41) is 3.80. The average Bonchev–Trinajstić information content (AvgIpc) is 2.55. The summed E-state index contributed by atoms with van der Waals surface area (Å²) < 4.78 is 5.24. The van der Waals surface area contributed by atoms with Crippen molar-refractivity contribution in [3.8, 4) is 0 Å². The van der Waals surface area contributed by atoms with Gasteiger partial charge in [0.2, 0.25) is 0 Å². The summed E-state index contributed by atoms with van der Waals surface area (Å²) in [5.74, 6) is 0.208. The number of nitrogens with zero attached hydrogens (tertiary/aromatic N) is 1. The Labute approximate surface area is 127 Å². The van der Waals surface area contributed by atoms with Gasteiger partial charge in [-0.05, 0) is 44.0 Å². The second kappa shape index (κ2) is 5.25. The average molecular weight is 298 g/mol. The van der Waals surface area contributed by atoms with Gasteiger partial charge in [0.25, 0.3) is 5.91 Å². The highest BCUT2D eigenvalue weighted by Gasteiger charge is 2.35. The normalized spacial score (nSPS) is 27.0. The molecule has 4 heterocycles. The van der Waals surface area contributed by atoms with Gasteiger partial charge < -0.3 is 14.6 Å². The smallest absolute Gasteiger partial charge is 0.349 e. The van der Waals surface area contributed by atoms with E-state index in [0.29, 0.717) is 11.5 Å². The van der Waals surface area contributed by atoms with Gasteiger partial charge in [-0.15, -0.1) is 0 Å². The second-order valence-electron chi connectivity index (χ2n) is 6.20. The molecule has 0 saturated carbocycles. The number of para-hydroxylation sites is 1. The van der Waals surface area contributed by atoms with Crippen LogP contribution in [0, 0.1) is 5.92 Å². The number of carbonyl (C=O) groups is 1. The van der Waals surface area contributed by atoms with E-state index in [1.165, 1.54) is 0 Å². The molecule has 1 atom stereocenters. The van der Waals surface area contributed by atoms with Crippen LogP contribution in [0.4, 0.5) is 0 Å². The molecule has 3 aliphatic heterocycles. The van der Waals surface area contributed by atoms with Crippen LogP contribution in [-0.2, 0) is 0 Å². The standard InChI is InChI=1S/C17H18N2O3/c20-16(18-14-10-19-7-5-11(14)6-8-19)13-9-12-3-1-2-4-15(12)22-17(13)21/h1-4,9,11,14H,5-8,10H2,(H,18,20). The molecule has 5 rings (SSSR count). The van der Waals surface area contributed by atoms with E-state index in [1.807, 2.05) is 12.1 Å². The minimum absolute atomic E-state index is 0.0927. The van der Waals surface area contributed by atoms with Crippen LogP contribution in [0.5, 0.6) is 0 Å². The maximum absolute atomic E-state index is 12.5. The molecule has 1 unspecified atom stereocenters. The lowest BCUT2D eigenvalue weighted by molar-refractivity contribution is 0.0618. The van der Waals surface area contributed by atoms with Crippen molar-refractivity contribution in [2.75, 3.05) is 19.6 Å². The quantitative estimate of drug-likeness (QED) is 0.856. The highest BCUT2D eigenvalue weighted by molar-refractivity contribution is 5.96. The number of benzene rings is 1. The lowest BCUT2D eigenvalue weighted by Gasteiger charge is -2.44. The molecular weight excluding hydrogens is 280 g/mol. The number of hydrogen-bond acceptors (Lipinski definition) is 4. The van der Waals surface area contributed by atoms with Crippen molar-refractivity contribution in [2.24, 2.45) is 5.92 Å². The van der Waals surface area contributed by atoms with Crippen LogP contribution in [0.15, 0.2) is 39.5 Å². The summed E-state index contributed by atoms with van der Waals surface area (Å²) >= 11 is 0. The zero-order valence-corrected chi connectivity index (χ0v) is 12.2.